The summed E-state index contributed by atoms with van der Waals surface area (Å²) in [4.78, 5) is 21.1. The summed E-state index contributed by atoms with van der Waals surface area (Å²) in [6, 6.07) is 8.89. The highest BCUT2D eigenvalue weighted by Crippen LogP contribution is 2.09. The third-order valence-corrected chi connectivity index (χ3v) is 2.85. The molecule has 0 unspecified atom stereocenters. The Hall–Kier alpha value is -2.24. The Kier molecular flexibility index (Phi) is 13.0. The molecule has 6 heteroatoms. The SMILES string of the molecule is CC(C)CCOC(=O)Oc1ccccc1.CCCCCOC(N)=O. The molecule has 0 aliphatic carbocycles. The van der Waals surface area contributed by atoms with Crippen LogP contribution in [0.4, 0.5) is 9.59 Å². The number of amides is 1. The lowest BCUT2D eigenvalue weighted by atomic mass is 10.1. The number of ether oxygens (including phenoxy) is 3. The van der Waals surface area contributed by atoms with Crippen LogP contribution < -0.4 is 10.5 Å². The van der Waals surface area contributed by atoms with Crippen LogP contribution in [0.5, 0.6) is 5.75 Å². The molecule has 0 saturated heterocycles. The molecule has 24 heavy (non-hydrogen) atoms. The molecule has 0 heterocycles. The van der Waals surface area contributed by atoms with Gasteiger partial charge in [-0.3, -0.25) is 0 Å². The van der Waals surface area contributed by atoms with Crippen LogP contribution in [0.1, 0.15) is 46.5 Å². The molecule has 2 N–H and O–H groups in total. The fourth-order valence-corrected chi connectivity index (χ4v) is 1.52. The Morgan fingerprint density at radius 2 is 1.71 bits per heavy atom. The normalized spacial score (nSPS) is 9.67. The fraction of sp³-hybridized carbons (Fsp3) is 0.556. The summed E-state index contributed by atoms with van der Waals surface area (Å²) in [6.07, 6.45) is 2.67. The van der Waals surface area contributed by atoms with Gasteiger partial charge in [-0.2, -0.15) is 0 Å². The molecular weight excluding hydrogens is 310 g/mol. The Morgan fingerprint density at radius 3 is 2.25 bits per heavy atom. The average molecular weight is 339 g/mol. The van der Waals surface area contributed by atoms with E-state index >= 15 is 0 Å². The van der Waals surface area contributed by atoms with Gasteiger partial charge in [0.25, 0.3) is 0 Å². The number of carbonyl (C=O) groups is 2. The van der Waals surface area contributed by atoms with Gasteiger partial charge in [0.15, 0.2) is 0 Å². The largest absolute Gasteiger partial charge is 0.513 e. The van der Waals surface area contributed by atoms with Crippen LogP contribution in [0.2, 0.25) is 0 Å². The highest BCUT2D eigenvalue weighted by Gasteiger charge is 2.05. The molecule has 0 saturated carbocycles. The first-order valence-electron chi connectivity index (χ1n) is 8.27. The van der Waals surface area contributed by atoms with E-state index in [-0.39, 0.29) is 0 Å². The second-order valence-electron chi connectivity index (χ2n) is 5.57. The number of benzene rings is 1. The highest BCUT2D eigenvalue weighted by atomic mass is 16.7. The van der Waals surface area contributed by atoms with Crippen molar-refractivity contribution in [3.63, 3.8) is 0 Å². The highest BCUT2D eigenvalue weighted by molar-refractivity contribution is 5.64. The van der Waals surface area contributed by atoms with Gasteiger partial charge in [0.05, 0.1) is 13.2 Å². The van der Waals surface area contributed by atoms with E-state index in [0.29, 0.717) is 24.9 Å². The lowest BCUT2D eigenvalue weighted by Gasteiger charge is -2.06. The van der Waals surface area contributed by atoms with Gasteiger partial charge in [-0.25, -0.2) is 9.59 Å². The smallest absolute Gasteiger partial charge is 0.450 e. The minimum Gasteiger partial charge on any atom is -0.450 e. The van der Waals surface area contributed by atoms with E-state index in [4.69, 9.17) is 15.2 Å². The topological polar surface area (TPSA) is 87.8 Å². The van der Waals surface area contributed by atoms with Crippen molar-refractivity contribution in [1.82, 2.24) is 0 Å². The third-order valence-electron chi connectivity index (χ3n) is 2.85. The first-order chi connectivity index (χ1) is 11.5. The van der Waals surface area contributed by atoms with Crippen molar-refractivity contribution >= 4 is 12.2 Å². The molecule has 136 valence electrons. The zero-order chi connectivity index (χ0) is 18.2. The number of hydrogen-bond donors (Lipinski definition) is 1. The molecule has 0 aliphatic heterocycles. The molecule has 6 nitrogen and oxygen atoms in total. The lowest BCUT2D eigenvalue weighted by molar-refractivity contribution is 0.0948. The lowest BCUT2D eigenvalue weighted by Crippen LogP contribution is -2.13. The summed E-state index contributed by atoms with van der Waals surface area (Å²) >= 11 is 0. The van der Waals surface area contributed by atoms with E-state index in [1.807, 2.05) is 6.07 Å². The average Bonchev–Trinajstić information content (AvgIpc) is 2.52. The number of hydrogen-bond acceptors (Lipinski definition) is 5. The Balaban J connectivity index is 0.000000506. The fourth-order valence-electron chi connectivity index (χ4n) is 1.52. The van der Waals surface area contributed by atoms with Crippen molar-refractivity contribution in [2.75, 3.05) is 13.2 Å². The molecular formula is C18H29NO5. The standard InChI is InChI=1S/C12H16O3.C6H13NO2/c1-10(2)8-9-14-12(13)15-11-6-4-3-5-7-11;1-2-3-4-5-9-6(7)8/h3-7,10H,8-9H2,1-2H3;2-5H2,1H3,(H2,7,8). The van der Waals surface area contributed by atoms with E-state index in [2.05, 4.69) is 25.5 Å². The van der Waals surface area contributed by atoms with Crippen LogP contribution >= 0.6 is 0 Å². The quantitative estimate of drug-likeness (QED) is 0.427. The van der Waals surface area contributed by atoms with Crippen molar-refractivity contribution in [3.05, 3.63) is 30.3 Å². The second-order valence-corrected chi connectivity index (χ2v) is 5.57. The predicted octanol–water partition coefficient (Wildman–Crippen LogP) is 4.52. The van der Waals surface area contributed by atoms with E-state index in [1.54, 1.807) is 24.3 Å². The molecule has 1 aromatic carbocycles. The number of unbranched alkanes of at least 4 members (excludes halogenated alkanes) is 2. The molecule has 0 bridgehead atoms. The molecule has 0 spiro atoms. The Morgan fingerprint density at radius 1 is 1.04 bits per heavy atom. The summed E-state index contributed by atoms with van der Waals surface area (Å²) in [5, 5.41) is 0. The van der Waals surface area contributed by atoms with Crippen molar-refractivity contribution in [2.24, 2.45) is 11.7 Å². The number of nitrogens with two attached hydrogens (primary N) is 1. The maximum Gasteiger partial charge on any atom is 0.513 e. The maximum absolute atomic E-state index is 11.1. The van der Waals surface area contributed by atoms with Gasteiger partial charge in [0, 0.05) is 0 Å². The van der Waals surface area contributed by atoms with E-state index < -0.39 is 12.2 Å². The molecule has 1 rings (SSSR count). The van der Waals surface area contributed by atoms with Crippen molar-refractivity contribution in [3.8, 4) is 5.75 Å². The van der Waals surface area contributed by atoms with Gasteiger partial charge in [-0.15, -0.1) is 0 Å². The van der Waals surface area contributed by atoms with Gasteiger partial charge in [0.1, 0.15) is 5.75 Å². The van der Waals surface area contributed by atoms with Crippen LogP contribution in [-0.4, -0.2) is 25.5 Å². The summed E-state index contributed by atoms with van der Waals surface area (Å²) in [6.45, 7) is 7.11. The predicted molar refractivity (Wildman–Crippen MR) is 92.9 cm³/mol. The molecule has 0 aliphatic rings. The zero-order valence-corrected chi connectivity index (χ0v) is 14.8. The van der Waals surface area contributed by atoms with E-state index in [0.717, 1.165) is 25.7 Å². The van der Waals surface area contributed by atoms with Crippen LogP contribution in [0, 0.1) is 5.92 Å². The molecule has 0 fully saturated rings. The molecule has 1 amide bonds. The van der Waals surface area contributed by atoms with Gasteiger partial charge in [0.2, 0.25) is 0 Å². The van der Waals surface area contributed by atoms with Crippen LogP contribution in [0.15, 0.2) is 30.3 Å². The zero-order valence-electron chi connectivity index (χ0n) is 14.8. The van der Waals surface area contributed by atoms with Crippen molar-refractivity contribution in [2.45, 2.75) is 46.5 Å². The summed E-state index contributed by atoms with van der Waals surface area (Å²) in [5.74, 6) is 1.03. The van der Waals surface area contributed by atoms with Gasteiger partial charge in [-0.05, 0) is 30.9 Å². The van der Waals surface area contributed by atoms with Crippen molar-refractivity contribution < 1.29 is 23.8 Å². The Labute approximate surface area is 144 Å². The number of rotatable bonds is 8. The van der Waals surface area contributed by atoms with Crippen LogP contribution in [0.3, 0.4) is 0 Å². The molecule has 0 atom stereocenters. The van der Waals surface area contributed by atoms with Crippen LogP contribution in [0.25, 0.3) is 0 Å². The van der Waals surface area contributed by atoms with Gasteiger partial charge < -0.3 is 19.9 Å². The monoisotopic (exact) mass is 339 g/mol. The van der Waals surface area contributed by atoms with Gasteiger partial charge in [-0.1, -0.05) is 51.8 Å². The molecule has 0 radical (unpaired) electrons. The second kappa shape index (κ2) is 14.4. The van der Waals surface area contributed by atoms with Crippen LogP contribution in [-0.2, 0) is 9.47 Å². The van der Waals surface area contributed by atoms with Gasteiger partial charge >= 0.3 is 12.2 Å². The first kappa shape index (κ1) is 21.8. The summed E-state index contributed by atoms with van der Waals surface area (Å²) in [5.41, 5.74) is 4.71. The minimum atomic E-state index is -0.675. The van der Waals surface area contributed by atoms with E-state index in [9.17, 15) is 9.59 Å². The number of primary amides is 1. The maximum atomic E-state index is 11.1. The summed E-state index contributed by atoms with van der Waals surface area (Å²) < 4.78 is 14.3. The molecule has 0 aromatic heterocycles. The number of para-hydroxylation sites is 1. The van der Waals surface area contributed by atoms with E-state index in [1.165, 1.54) is 0 Å². The third kappa shape index (κ3) is 14.7. The number of carbonyl (C=O) groups excluding carboxylic acids is 2. The first-order valence-corrected chi connectivity index (χ1v) is 8.27. The summed E-state index contributed by atoms with van der Waals surface area (Å²) in [7, 11) is 0. The molecule has 1 aromatic rings. The minimum absolute atomic E-state index is 0.406. The van der Waals surface area contributed by atoms with Crippen molar-refractivity contribution in [1.29, 1.82) is 0 Å². The Bertz CT molecular complexity index is 448.